The molecule has 1 aliphatic heterocycles. The summed E-state index contributed by atoms with van der Waals surface area (Å²) < 4.78 is 0. The number of nitrogens with one attached hydrogen (secondary N) is 2. The third-order valence-corrected chi connectivity index (χ3v) is 5.38. The van der Waals surface area contributed by atoms with Gasteiger partial charge >= 0.3 is 5.97 Å². The van der Waals surface area contributed by atoms with Gasteiger partial charge in [-0.3, -0.25) is 20.2 Å². The van der Waals surface area contributed by atoms with E-state index >= 15 is 0 Å². The zero-order valence-corrected chi connectivity index (χ0v) is 17.6. The van der Waals surface area contributed by atoms with Crippen LogP contribution in [-0.2, 0) is 0 Å². The van der Waals surface area contributed by atoms with E-state index in [4.69, 9.17) is 17.3 Å². The van der Waals surface area contributed by atoms with Gasteiger partial charge in [0, 0.05) is 30.9 Å². The maximum Gasteiger partial charge on any atom is 0.335 e. The van der Waals surface area contributed by atoms with Crippen molar-refractivity contribution < 1.29 is 19.6 Å². The Morgan fingerprint density at radius 2 is 1.81 bits per heavy atom. The van der Waals surface area contributed by atoms with Gasteiger partial charge in [-0.2, -0.15) is 0 Å². The average Bonchev–Trinajstić information content (AvgIpc) is 2.74. The molecule has 2 aromatic carbocycles. The Kier molecular flexibility index (Phi) is 6.81. The number of anilines is 2. The van der Waals surface area contributed by atoms with E-state index in [0.717, 1.165) is 25.9 Å². The average molecular weight is 442 g/mol. The molecule has 162 valence electrons. The number of thiocarbonyl (C=S) groups is 1. The lowest BCUT2D eigenvalue weighted by Gasteiger charge is -2.33. The number of carbonyl (C=O) groups is 2. The largest absolute Gasteiger partial charge is 0.478 e. The van der Waals surface area contributed by atoms with Gasteiger partial charge in [-0.15, -0.1) is 0 Å². The monoisotopic (exact) mass is 442 g/mol. The Labute approximate surface area is 184 Å². The maximum absolute atomic E-state index is 12.9. The Balaban J connectivity index is 1.77. The standard InChI is InChI=1S/C21H22N4O5S/c1-13-8-10-24(11-9-13)18-7-6-16(25(29)30)12-17(18)19(26)23-21(31)22-15-4-2-14(3-5-15)20(27)28/h2-7,12-13H,8-11H2,1H3,(H,27,28)(H2,22,23,26,31). The molecule has 1 saturated heterocycles. The molecule has 1 heterocycles. The number of benzene rings is 2. The van der Waals surface area contributed by atoms with Gasteiger partial charge < -0.3 is 15.3 Å². The lowest BCUT2D eigenvalue weighted by Crippen LogP contribution is -2.37. The number of nitro benzene ring substituents is 1. The predicted molar refractivity (Wildman–Crippen MR) is 121 cm³/mol. The topological polar surface area (TPSA) is 125 Å². The van der Waals surface area contributed by atoms with Gasteiger partial charge in [0.25, 0.3) is 11.6 Å². The van der Waals surface area contributed by atoms with Crippen LogP contribution >= 0.6 is 12.2 Å². The molecule has 0 atom stereocenters. The molecule has 3 N–H and O–H groups in total. The molecule has 3 rings (SSSR count). The molecule has 0 aliphatic carbocycles. The van der Waals surface area contributed by atoms with Crippen LogP contribution in [0.25, 0.3) is 0 Å². The molecule has 0 aromatic heterocycles. The normalized spacial score (nSPS) is 14.0. The molecule has 1 aliphatic rings. The fourth-order valence-corrected chi connectivity index (χ4v) is 3.58. The first-order valence-electron chi connectivity index (χ1n) is 9.73. The Morgan fingerprint density at radius 3 is 2.39 bits per heavy atom. The SMILES string of the molecule is CC1CCN(c2ccc([N+](=O)[O-])cc2C(=O)NC(=S)Nc2ccc(C(=O)O)cc2)CC1. The van der Waals surface area contributed by atoms with Crippen molar-refractivity contribution in [3.63, 3.8) is 0 Å². The van der Waals surface area contributed by atoms with Gasteiger partial charge in [0.05, 0.1) is 21.7 Å². The molecule has 0 bridgehead atoms. The van der Waals surface area contributed by atoms with Crippen molar-refractivity contribution >= 4 is 46.3 Å². The Bertz CT molecular complexity index is 1020. The van der Waals surface area contributed by atoms with Crippen molar-refractivity contribution in [1.82, 2.24) is 5.32 Å². The maximum atomic E-state index is 12.9. The van der Waals surface area contributed by atoms with Crippen LogP contribution < -0.4 is 15.5 Å². The van der Waals surface area contributed by atoms with E-state index in [-0.39, 0.29) is 21.9 Å². The summed E-state index contributed by atoms with van der Waals surface area (Å²) >= 11 is 5.19. The third-order valence-electron chi connectivity index (χ3n) is 5.18. The van der Waals surface area contributed by atoms with Crippen LogP contribution in [0.4, 0.5) is 17.1 Å². The molecule has 1 amide bonds. The summed E-state index contributed by atoms with van der Waals surface area (Å²) in [5, 5.41) is 25.5. The summed E-state index contributed by atoms with van der Waals surface area (Å²) in [6.07, 6.45) is 1.95. The van der Waals surface area contributed by atoms with Crippen LogP contribution in [0.5, 0.6) is 0 Å². The number of carbonyl (C=O) groups excluding carboxylic acids is 1. The van der Waals surface area contributed by atoms with Crippen molar-refractivity contribution in [3.05, 3.63) is 63.7 Å². The molecule has 0 spiro atoms. The molecule has 1 fully saturated rings. The van der Waals surface area contributed by atoms with Crippen molar-refractivity contribution in [1.29, 1.82) is 0 Å². The predicted octanol–water partition coefficient (Wildman–Crippen LogP) is 3.66. The lowest BCUT2D eigenvalue weighted by atomic mass is 9.98. The fourth-order valence-electron chi connectivity index (χ4n) is 3.37. The first-order chi connectivity index (χ1) is 14.7. The number of nitrogens with zero attached hydrogens (tertiary/aromatic N) is 2. The smallest absolute Gasteiger partial charge is 0.335 e. The zero-order chi connectivity index (χ0) is 22.5. The van der Waals surface area contributed by atoms with E-state index in [1.807, 2.05) is 0 Å². The number of amides is 1. The van der Waals surface area contributed by atoms with Crippen LogP contribution in [0.2, 0.25) is 0 Å². The second-order valence-corrected chi connectivity index (χ2v) is 7.83. The van der Waals surface area contributed by atoms with E-state index < -0.39 is 16.8 Å². The molecule has 31 heavy (non-hydrogen) atoms. The highest BCUT2D eigenvalue weighted by molar-refractivity contribution is 7.80. The highest BCUT2D eigenvalue weighted by Gasteiger charge is 2.24. The molecule has 9 nitrogen and oxygen atoms in total. The molecular formula is C21H22N4O5S. The third kappa shape index (κ3) is 5.54. The molecule has 0 saturated carbocycles. The van der Waals surface area contributed by atoms with Gasteiger partial charge in [0.1, 0.15) is 0 Å². The minimum absolute atomic E-state index is 0.00204. The zero-order valence-electron chi connectivity index (χ0n) is 16.8. The van der Waals surface area contributed by atoms with Crippen molar-refractivity contribution in [2.45, 2.75) is 19.8 Å². The van der Waals surface area contributed by atoms with Crippen LogP contribution in [0.15, 0.2) is 42.5 Å². The van der Waals surface area contributed by atoms with Gasteiger partial charge in [-0.25, -0.2) is 4.79 Å². The first kappa shape index (κ1) is 22.2. The second kappa shape index (κ2) is 9.52. The van der Waals surface area contributed by atoms with E-state index in [2.05, 4.69) is 22.5 Å². The van der Waals surface area contributed by atoms with E-state index in [9.17, 15) is 19.7 Å². The molecule has 10 heteroatoms. The molecular weight excluding hydrogens is 420 g/mol. The Hall–Kier alpha value is -3.53. The summed E-state index contributed by atoms with van der Waals surface area (Å²) in [4.78, 5) is 36.6. The molecule has 0 unspecified atom stereocenters. The summed E-state index contributed by atoms with van der Waals surface area (Å²) in [6, 6.07) is 10.1. The minimum atomic E-state index is -1.05. The van der Waals surface area contributed by atoms with Gasteiger partial charge in [-0.1, -0.05) is 6.92 Å². The number of aromatic carboxylic acids is 1. The number of non-ortho nitro benzene ring substituents is 1. The van der Waals surface area contributed by atoms with Gasteiger partial charge in [-0.05, 0) is 61.3 Å². The second-order valence-electron chi connectivity index (χ2n) is 7.42. The van der Waals surface area contributed by atoms with E-state index in [1.165, 1.54) is 36.4 Å². The quantitative estimate of drug-likeness (QED) is 0.364. The number of piperidine rings is 1. The number of hydrogen-bond acceptors (Lipinski definition) is 6. The number of hydrogen-bond donors (Lipinski definition) is 3. The highest BCUT2D eigenvalue weighted by Crippen LogP contribution is 2.29. The number of carboxylic acid groups (broad SMARTS) is 1. The summed E-state index contributed by atoms with van der Waals surface area (Å²) in [5.74, 6) is -1.01. The fraction of sp³-hybridized carbons (Fsp3) is 0.286. The van der Waals surface area contributed by atoms with E-state index in [0.29, 0.717) is 17.3 Å². The van der Waals surface area contributed by atoms with Crippen molar-refractivity contribution in [2.24, 2.45) is 5.92 Å². The lowest BCUT2D eigenvalue weighted by molar-refractivity contribution is -0.384. The minimum Gasteiger partial charge on any atom is -0.478 e. The number of nitro groups is 1. The molecule has 2 aromatic rings. The van der Waals surface area contributed by atoms with Crippen molar-refractivity contribution in [3.8, 4) is 0 Å². The van der Waals surface area contributed by atoms with Crippen LogP contribution in [-0.4, -0.2) is 40.1 Å². The van der Waals surface area contributed by atoms with Crippen LogP contribution in [0.1, 0.15) is 40.5 Å². The summed E-state index contributed by atoms with van der Waals surface area (Å²) in [6.45, 7) is 3.70. The van der Waals surface area contributed by atoms with Crippen LogP contribution in [0.3, 0.4) is 0 Å². The number of carboxylic acids is 1. The van der Waals surface area contributed by atoms with Crippen LogP contribution in [0, 0.1) is 16.0 Å². The Morgan fingerprint density at radius 1 is 1.16 bits per heavy atom. The van der Waals surface area contributed by atoms with Crippen molar-refractivity contribution in [2.75, 3.05) is 23.3 Å². The first-order valence-corrected chi connectivity index (χ1v) is 10.1. The van der Waals surface area contributed by atoms with Gasteiger partial charge in [0.15, 0.2) is 5.11 Å². The highest BCUT2D eigenvalue weighted by atomic mass is 32.1. The summed E-state index contributed by atoms with van der Waals surface area (Å²) in [5.41, 5.74) is 1.25. The molecule has 0 radical (unpaired) electrons. The van der Waals surface area contributed by atoms with Gasteiger partial charge in [0.2, 0.25) is 0 Å². The summed E-state index contributed by atoms with van der Waals surface area (Å²) in [7, 11) is 0. The number of rotatable bonds is 5. The van der Waals surface area contributed by atoms with E-state index in [1.54, 1.807) is 6.07 Å².